The van der Waals surface area contributed by atoms with E-state index in [1.165, 1.54) is 22.7 Å². The highest BCUT2D eigenvalue weighted by Gasteiger charge is 2.40. The Bertz CT molecular complexity index is 566. The van der Waals surface area contributed by atoms with Gasteiger partial charge in [0.2, 0.25) is 0 Å². The van der Waals surface area contributed by atoms with E-state index in [4.69, 9.17) is 16.7 Å². The summed E-state index contributed by atoms with van der Waals surface area (Å²) < 4.78 is 0.755. The summed E-state index contributed by atoms with van der Waals surface area (Å²) in [5, 5.41) is 22.4. The largest absolute Gasteiger partial charge is 0.465 e. The molecule has 1 aromatic heterocycles. The quantitative estimate of drug-likeness (QED) is 0.849. The Hall–Kier alpha value is -0.820. The van der Waals surface area contributed by atoms with Gasteiger partial charge < -0.3 is 15.1 Å². The number of carbonyl (C=O) groups is 1. The van der Waals surface area contributed by atoms with Crippen molar-refractivity contribution in [2.24, 2.45) is 0 Å². The van der Waals surface area contributed by atoms with Crippen LogP contribution < -0.4 is 0 Å². The van der Waals surface area contributed by atoms with Crippen LogP contribution in [-0.2, 0) is 0 Å². The number of hydrogen-bond donors (Lipinski definition) is 2. The zero-order chi connectivity index (χ0) is 17.2. The van der Waals surface area contributed by atoms with Crippen molar-refractivity contribution >= 4 is 29.0 Å². The Balaban J connectivity index is 1.72. The average Bonchev–Trinajstić information content (AvgIpc) is 2.99. The molecule has 1 aliphatic heterocycles. The third-order valence-corrected chi connectivity index (χ3v) is 6.55. The Labute approximate surface area is 151 Å². The molecule has 3 rings (SSSR count). The molecule has 1 unspecified atom stereocenters. The molecule has 1 saturated heterocycles. The van der Waals surface area contributed by atoms with Crippen LogP contribution in [0.5, 0.6) is 0 Å². The van der Waals surface area contributed by atoms with E-state index < -0.39 is 11.7 Å². The first kappa shape index (κ1) is 18.0. The molecule has 2 fully saturated rings. The molecular formula is C17H25ClN2O3S. The fraction of sp³-hybridized carbons (Fsp3) is 0.706. The highest BCUT2D eigenvalue weighted by atomic mass is 35.5. The van der Waals surface area contributed by atoms with Gasteiger partial charge in [0.05, 0.1) is 9.94 Å². The minimum absolute atomic E-state index is 0.0397. The molecule has 1 aliphatic carbocycles. The maximum absolute atomic E-state index is 11.3. The number of carboxylic acid groups (broad SMARTS) is 1. The van der Waals surface area contributed by atoms with Crippen LogP contribution in [0, 0.1) is 0 Å². The van der Waals surface area contributed by atoms with Crippen LogP contribution in [0.3, 0.4) is 0 Å². The molecule has 1 atom stereocenters. The van der Waals surface area contributed by atoms with Crippen molar-refractivity contribution in [2.75, 3.05) is 32.7 Å². The number of nitrogens with zero attached hydrogens (tertiary/aromatic N) is 2. The molecule has 7 heteroatoms. The van der Waals surface area contributed by atoms with E-state index in [-0.39, 0.29) is 5.92 Å². The van der Waals surface area contributed by atoms with E-state index in [2.05, 4.69) is 10.3 Å². The van der Waals surface area contributed by atoms with E-state index in [1.54, 1.807) is 0 Å². The van der Waals surface area contributed by atoms with Gasteiger partial charge in [-0.1, -0.05) is 30.9 Å². The SMILES string of the molecule is O=C(O)N1CCN(CC(c2csc(Cl)c2)C2(O)CCCCC2)CC1. The molecule has 5 nitrogen and oxygen atoms in total. The molecule has 0 bridgehead atoms. The molecule has 0 radical (unpaired) electrons. The maximum atomic E-state index is 11.3. The van der Waals surface area contributed by atoms with Gasteiger partial charge in [-0.05, 0) is 29.9 Å². The van der Waals surface area contributed by atoms with Gasteiger partial charge in [-0.2, -0.15) is 0 Å². The van der Waals surface area contributed by atoms with Crippen LogP contribution in [0.15, 0.2) is 11.4 Å². The molecule has 24 heavy (non-hydrogen) atoms. The summed E-state index contributed by atoms with van der Waals surface area (Å²) in [7, 11) is 0. The van der Waals surface area contributed by atoms with E-state index in [0.717, 1.165) is 55.2 Å². The van der Waals surface area contributed by atoms with Crippen LogP contribution in [0.1, 0.15) is 43.6 Å². The lowest BCUT2D eigenvalue weighted by atomic mass is 9.73. The second-order valence-corrected chi connectivity index (χ2v) is 8.51. The second kappa shape index (κ2) is 7.60. The topological polar surface area (TPSA) is 64.0 Å². The lowest BCUT2D eigenvalue weighted by molar-refractivity contribution is -0.0337. The molecule has 2 N–H and O–H groups in total. The molecule has 2 heterocycles. The predicted octanol–water partition coefficient (Wildman–Crippen LogP) is 3.48. The smallest absolute Gasteiger partial charge is 0.407 e. The maximum Gasteiger partial charge on any atom is 0.407 e. The fourth-order valence-electron chi connectivity index (χ4n) is 3.98. The number of thiophene rings is 1. The van der Waals surface area contributed by atoms with E-state index in [9.17, 15) is 9.90 Å². The molecule has 1 aromatic rings. The summed E-state index contributed by atoms with van der Waals surface area (Å²) >= 11 is 7.65. The van der Waals surface area contributed by atoms with Crippen LogP contribution in [0.25, 0.3) is 0 Å². The predicted molar refractivity (Wildman–Crippen MR) is 96.1 cm³/mol. The molecule has 1 amide bonds. The van der Waals surface area contributed by atoms with Crippen molar-refractivity contribution in [1.82, 2.24) is 9.80 Å². The molecule has 134 valence electrons. The summed E-state index contributed by atoms with van der Waals surface area (Å²) in [6.45, 7) is 3.26. The van der Waals surface area contributed by atoms with Crippen molar-refractivity contribution in [1.29, 1.82) is 0 Å². The Morgan fingerprint density at radius 2 is 1.92 bits per heavy atom. The van der Waals surface area contributed by atoms with Gasteiger partial charge in [-0.3, -0.25) is 4.90 Å². The van der Waals surface area contributed by atoms with Crippen LogP contribution in [-0.4, -0.2) is 64.4 Å². The summed E-state index contributed by atoms with van der Waals surface area (Å²) in [6, 6.07) is 1.98. The number of hydrogen-bond acceptors (Lipinski definition) is 4. The lowest BCUT2D eigenvalue weighted by Crippen LogP contribution is -2.51. The van der Waals surface area contributed by atoms with E-state index in [0.29, 0.717) is 13.1 Å². The highest BCUT2D eigenvalue weighted by molar-refractivity contribution is 7.14. The number of amides is 1. The van der Waals surface area contributed by atoms with Crippen LogP contribution >= 0.6 is 22.9 Å². The summed E-state index contributed by atoms with van der Waals surface area (Å²) in [5.74, 6) is 0.0397. The van der Waals surface area contributed by atoms with Crippen molar-refractivity contribution < 1.29 is 15.0 Å². The monoisotopic (exact) mass is 372 g/mol. The highest BCUT2D eigenvalue weighted by Crippen LogP contribution is 2.42. The first-order chi connectivity index (χ1) is 11.5. The third-order valence-electron chi connectivity index (χ3n) is 5.44. The Kier molecular flexibility index (Phi) is 5.70. The second-order valence-electron chi connectivity index (χ2n) is 6.97. The molecule has 0 spiro atoms. The normalized spacial score (nSPS) is 23.2. The number of aliphatic hydroxyl groups is 1. The Morgan fingerprint density at radius 1 is 1.25 bits per heavy atom. The number of halogens is 1. The van der Waals surface area contributed by atoms with Crippen LogP contribution in [0.2, 0.25) is 4.34 Å². The van der Waals surface area contributed by atoms with Gasteiger partial charge in [-0.25, -0.2) is 4.79 Å². The molecule has 1 saturated carbocycles. The lowest BCUT2D eigenvalue weighted by Gasteiger charge is -2.43. The summed E-state index contributed by atoms with van der Waals surface area (Å²) in [4.78, 5) is 14.8. The van der Waals surface area contributed by atoms with Crippen molar-refractivity contribution in [3.63, 3.8) is 0 Å². The van der Waals surface area contributed by atoms with Gasteiger partial charge >= 0.3 is 6.09 Å². The minimum Gasteiger partial charge on any atom is -0.465 e. The Morgan fingerprint density at radius 3 is 2.46 bits per heavy atom. The van der Waals surface area contributed by atoms with Gasteiger partial charge in [0.15, 0.2) is 0 Å². The van der Waals surface area contributed by atoms with Crippen LogP contribution in [0.4, 0.5) is 4.79 Å². The zero-order valence-corrected chi connectivity index (χ0v) is 15.4. The third kappa shape index (κ3) is 4.04. The molecule has 2 aliphatic rings. The standard InChI is InChI=1S/C17H25ClN2O3S/c18-15-10-13(12-24-15)14(17(23)4-2-1-3-5-17)11-19-6-8-20(9-7-19)16(21)22/h10,12,14,23H,1-9,11H2,(H,21,22). The van der Waals surface area contributed by atoms with Gasteiger partial charge in [0.25, 0.3) is 0 Å². The number of piperazine rings is 1. The van der Waals surface area contributed by atoms with Crippen molar-refractivity contribution in [3.05, 3.63) is 21.3 Å². The zero-order valence-electron chi connectivity index (χ0n) is 13.8. The van der Waals surface area contributed by atoms with Gasteiger partial charge in [-0.15, -0.1) is 11.3 Å². The van der Waals surface area contributed by atoms with E-state index >= 15 is 0 Å². The van der Waals surface area contributed by atoms with Crippen molar-refractivity contribution in [3.8, 4) is 0 Å². The van der Waals surface area contributed by atoms with Crippen molar-refractivity contribution in [2.45, 2.75) is 43.6 Å². The fourth-order valence-corrected chi connectivity index (χ4v) is 4.93. The summed E-state index contributed by atoms with van der Waals surface area (Å²) in [6.07, 6.45) is 4.15. The van der Waals surface area contributed by atoms with Gasteiger partial charge in [0.1, 0.15) is 0 Å². The minimum atomic E-state index is -0.846. The molecule has 0 aromatic carbocycles. The first-order valence-electron chi connectivity index (χ1n) is 8.64. The molecular weight excluding hydrogens is 348 g/mol. The first-order valence-corrected chi connectivity index (χ1v) is 9.90. The van der Waals surface area contributed by atoms with Gasteiger partial charge in [0, 0.05) is 38.6 Å². The number of rotatable bonds is 4. The van der Waals surface area contributed by atoms with E-state index in [1.807, 2.05) is 6.07 Å². The average molecular weight is 373 g/mol. The summed E-state index contributed by atoms with van der Waals surface area (Å²) in [5.41, 5.74) is 0.446.